The van der Waals surface area contributed by atoms with Gasteiger partial charge in [-0.15, -0.1) is 0 Å². The number of sulfonamides is 1. The summed E-state index contributed by atoms with van der Waals surface area (Å²) in [5.41, 5.74) is 0. The predicted octanol–water partition coefficient (Wildman–Crippen LogP) is 0.320. The second-order valence-corrected chi connectivity index (χ2v) is 7.23. The molecule has 0 radical (unpaired) electrons. The predicted molar refractivity (Wildman–Crippen MR) is 83.4 cm³/mol. The number of methoxy groups -OCH3 is 1. The Balaban J connectivity index is 1.63. The van der Waals surface area contributed by atoms with E-state index in [1.54, 1.807) is 31.4 Å². The lowest BCUT2D eigenvalue weighted by atomic mass is 10.3. The Morgan fingerprint density at radius 3 is 2.43 bits per heavy atom. The van der Waals surface area contributed by atoms with Gasteiger partial charge in [0.1, 0.15) is 17.9 Å². The number of aromatic nitrogens is 3. The number of benzene rings is 1. The summed E-state index contributed by atoms with van der Waals surface area (Å²) in [5, 5.41) is 6.63. The van der Waals surface area contributed by atoms with Gasteiger partial charge in [0, 0.05) is 26.2 Å². The molecule has 1 aliphatic rings. The first kappa shape index (κ1) is 15.9. The van der Waals surface area contributed by atoms with Gasteiger partial charge in [-0.25, -0.2) is 13.4 Å². The van der Waals surface area contributed by atoms with Crippen LogP contribution in [0.2, 0.25) is 0 Å². The molecule has 0 unspecified atom stereocenters. The fraction of sp³-hybridized carbons (Fsp3) is 0.429. The number of hydrogen-bond acceptors (Lipinski definition) is 6. The van der Waals surface area contributed by atoms with Crippen LogP contribution in [0.4, 0.5) is 0 Å². The van der Waals surface area contributed by atoms with Gasteiger partial charge < -0.3 is 4.74 Å². The average Bonchev–Trinajstić information content (AvgIpc) is 3.08. The minimum atomic E-state index is -3.46. The lowest BCUT2D eigenvalue weighted by Crippen LogP contribution is -2.48. The monoisotopic (exact) mass is 337 g/mol. The number of nitrogens with zero attached hydrogens (tertiary/aromatic N) is 4. The van der Waals surface area contributed by atoms with Crippen LogP contribution in [0, 0.1) is 0 Å². The molecular weight excluding hydrogens is 318 g/mol. The summed E-state index contributed by atoms with van der Waals surface area (Å²) >= 11 is 0. The molecule has 1 aromatic carbocycles. The third-order valence-corrected chi connectivity index (χ3v) is 5.78. The Hall–Kier alpha value is -1.97. The van der Waals surface area contributed by atoms with Crippen molar-refractivity contribution in [3.05, 3.63) is 36.4 Å². The third-order valence-electron chi connectivity index (χ3n) is 3.87. The molecule has 1 N–H and O–H groups in total. The maximum absolute atomic E-state index is 12.6. The molecule has 1 fully saturated rings. The molecule has 2 heterocycles. The van der Waals surface area contributed by atoms with E-state index in [-0.39, 0.29) is 0 Å². The van der Waals surface area contributed by atoms with Crippen molar-refractivity contribution in [2.24, 2.45) is 0 Å². The van der Waals surface area contributed by atoms with Gasteiger partial charge in [0.2, 0.25) is 10.0 Å². The van der Waals surface area contributed by atoms with E-state index in [1.165, 1.54) is 10.6 Å². The molecule has 0 bridgehead atoms. The Bertz CT molecular complexity index is 722. The Morgan fingerprint density at radius 1 is 1.17 bits per heavy atom. The lowest BCUT2D eigenvalue weighted by molar-refractivity contribution is 0.178. The first-order chi connectivity index (χ1) is 11.1. The molecule has 3 rings (SSSR count). The topological polar surface area (TPSA) is 91.4 Å². The first-order valence-corrected chi connectivity index (χ1v) is 8.74. The van der Waals surface area contributed by atoms with Gasteiger partial charge in [-0.3, -0.25) is 10.00 Å². The normalized spacial score (nSPS) is 17.3. The molecule has 8 nitrogen and oxygen atoms in total. The lowest BCUT2D eigenvalue weighted by Gasteiger charge is -2.33. The molecule has 0 amide bonds. The van der Waals surface area contributed by atoms with Crippen LogP contribution in [0.5, 0.6) is 5.75 Å². The molecule has 9 heteroatoms. The van der Waals surface area contributed by atoms with Gasteiger partial charge >= 0.3 is 0 Å². The highest BCUT2D eigenvalue weighted by Gasteiger charge is 2.28. The highest BCUT2D eigenvalue weighted by molar-refractivity contribution is 7.89. The van der Waals surface area contributed by atoms with E-state index in [1.807, 2.05) is 0 Å². The van der Waals surface area contributed by atoms with Crippen molar-refractivity contribution in [1.29, 1.82) is 0 Å². The Labute approximate surface area is 135 Å². The summed E-state index contributed by atoms with van der Waals surface area (Å²) in [5.74, 6) is 1.43. The van der Waals surface area contributed by atoms with Crippen LogP contribution in [0.1, 0.15) is 5.82 Å². The van der Waals surface area contributed by atoms with E-state index in [2.05, 4.69) is 20.1 Å². The van der Waals surface area contributed by atoms with Crippen molar-refractivity contribution >= 4 is 10.0 Å². The van der Waals surface area contributed by atoms with E-state index >= 15 is 0 Å². The molecular formula is C14H19N5O3S. The third kappa shape index (κ3) is 3.52. The smallest absolute Gasteiger partial charge is 0.243 e. The average molecular weight is 337 g/mol. The quantitative estimate of drug-likeness (QED) is 0.845. The van der Waals surface area contributed by atoms with E-state index in [0.29, 0.717) is 43.4 Å². The molecule has 0 aliphatic carbocycles. The second kappa shape index (κ2) is 6.65. The van der Waals surface area contributed by atoms with Crippen LogP contribution in [0.25, 0.3) is 0 Å². The van der Waals surface area contributed by atoms with E-state index in [0.717, 1.165) is 5.82 Å². The largest absolute Gasteiger partial charge is 0.497 e. The van der Waals surface area contributed by atoms with Crippen molar-refractivity contribution in [2.45, 2.75) is 11.4 Å². The summed E-state index contributed by atoms with van der Waals surface area (Å²) in [4.78, 5) is 6.54. The van der Waals surface area contributed by atoms with E-state index in [9.17, 15) is 8.42 Å². The van der Waals surface area contributed by atoms with Gasteiger partial charge in [-0.2, -0.15) is 9.40 Å². The molecule has 1 saturated heterocycles. The maximum atomic E-state index is 12.6. The molecule has 0 atom stereocenters. The number of H-pyrrole nitrogens is 1. The zero-order chi connectivity index (χ0) is 16.3. The summed E-state index contributed by atoms with van der Waals surface area (Å²) in [6.07, 6.45) is 1.47. The van der Waals surface area contributed by atoms with Crippen molar-refractivity contribution in [2.75, 3.05) is 33.3 Å². The minimum absolute atomic E-state index is 0.294. The molecule has 124 valence electrons. The van der Waals surface area contributed by atoms with Gasteiger partial charge in [0.15, 0.2) is 0 Å². The number of hydrogen-bond donors (Lipinski definition) is 1. The highest BCUT2D eigenvalue weighted by Crippen LogP contribution is 2.20. The van der Waals surface area contributed by atoms with Crippen molar-refractivity contribution in [1.82, 2.24) is 24.4 Å². The van der Waals surface area contributed by atoms with Gasteiger partial charge in [0.25, 0.3) is 0 Å². The maximum Gasteiger partial charge on any atom is 0.243 e. The Morgan fingerprint density at radius 2 is 1.87 bits per heavy atom. The van der Waals surface area contributed by atoms with Crippen molar-refractivity contribution in [3.63, 3.8) is 0 Å². The summed E-state index contributed by atoms with van der Waals surface area (Å²) in [6, 6.07) is 6.48. The van der Waals surface area contributed by atoms with Gasteiger partial charge in [0.05, 0.1) is 18.6 Å². The van der Waals surface area contributed by atoms with Gasteiger partial charge in [-0.1, -0.05) is 0 Å². The molecule has 23 heavy (non-hydrogen) atoms. The van der Waals surface area contributed by atoms with Crippen LogP contribution >= 0.6 is 0 Å². The van der Waals surface area contributed by atoms with Gasteiger partial charge in [-0.05, 0) is 24.3 Å². The molecule has 2 aromatic rings. The molecule has 0 spiro atoms. The SMILES string of the molecule is COc1ccc(S(=O)(=O)N2CCN(Cc3ncn[nH]3)CC2)cc1. The van der Waals surface area contributed by atoms with Crippen molar-refractivity contribution < 1.29 is 13.2 Å². The first-order valence-electron chi connectivity index (χ1n) is 7.30. The Kier molecular flexibility index (Phi) is 4.60. The van der Waals surface area contributed by atoms with E-state index < -0.39 is 10.0 Å². The summed E-state index contributed by atoms with van der Waals surface area (Å²) < 4.78 is 31.9. The number of ether oxygens (including phenoxy) is 1. The molecule has 0 saturated carbocycles. The zero-order valence-corrected chi connectivity index (χ0v) is 13.7. The number of nitrogens with one attached hydrogen (secondary N) is 1. The van der Waals surface area contributed by atoms with Crippen LogP contribution in [-0.2, 0) is 16.6 Å². The fourth-order valence-electron chi connectivity index (χ4n) is 2.54. The van der Waals surface area contributed by atoms with Crippen LogP contribution < -0.4 is 4.74 Å². The molecule has 1 aromatic heterocycles. The summed E-state index contributed by atoms with van der Waals surface area (Å²) in [7, 11) is -1.90. The summed E-state index contributed by atoms with van der Waals surface area (Å²) in [6.45, 7) is 2.90. The van der Waals surface area contributed by atoms with Crippen LogP contribution in [0.3, 0.4) is 0 Å². The standard InChI is InChI=1S/C14H19N5O3S/c1-22-12-2-4-13(5-3-12)23(20,21)19-8-6-18(7-9-19)10-14-15-11-16-17-14/h2-5,11H,6-10H2,1H3,(H,15,16,17). The van der Waals surface area contributed by atoms with E-state index in [4.69, 9.17) is 4.74 Å². The van der Waals surface area contributed by atoms with Crippen molar-refractivity contribution in [3.8, 4) is 5.75 Å². The number of aromatic amines is 1. The number of rotatable bonds is 5. The molecule has 1 aliphatic heterocycles. The second-order valence-electron chi connectivity index (χ2n) is 5.29. The van der Waals surface area contributed by atoms with Crippen LogP contribution in [0.15, 0.2) is 35.5 Å². The van der Waals surface area contributed by atoms with Crippen LogP contribution in [-0.4, -0.2) is 66.1 Å². The fourth-order valence-corrected chi connectivity index (χ4v) is 3.97. The minimum Gasteiger partial charge on any atom is -0.497 e. The zero-order valence-electron chi connectivity index (χ0n) is 12.8. The highest BCUT2D eigenvalue weighted by atomic mass is 32.2. The number of piperazine rings is 1.